The highest BCUT2D eigenvalue weighted by Gasteiger charge is 2.30. The first-order valence-electron chi connectivity index (χ1n) is 10.2. The van der Waals surface area contributed by atoms with Crippen LogP contribution in [0.1, 0.15) is 28.8 Å². The lowest BCUT2D eigenvalue weighted by Gasteiger charge is -2.10. The minimum atomic E-state index is -0.391. The predicted molar refractivity (Wildman–Crippen MR) is 117 cm³/mol. The van der Waals surface area contributed by atoms with Crippen LogP contribution < -0.4 is 10.9 Å². The number of pyridine rings is 1. The summed E-state index contributed by atoms with van der Waals surface area (Å²) in [5.41, 5.74) is 8.75. The molecule has 0 saturated heterocycles. The summed E-state index contributed by atoms with van der Waals surface area (Å²) in [4.78, 5) is 29.7. The monoisotopic (exact) mass is 411 g/mol. The van der Waals surface area contributed by atoms with E-state index in [1.165, 1.54) is 0 Å². The second-order valence-electron chi connectivity index (χ2n) is 7.66. The summed E-state index contributed by atoms with van der Waals surface area (Å²) in [5, 5.41) is 5.12. The SMILES string of the molecule is O=C(NNC(=O)C1CC1)c1cc(-c2ccccc2)nc2c1cnn2Cc1ccccc1. The Morgan fingerprint density at radius 1 is 0.968 bits per heavy atom. The first-order valence-corrected chi connectivity index (χ1v) is 10.2. The molecule has 2 heterocycles. The topological polar surface area (TPSA) is 88.9 Å². The zero-order valence-electron chi connectivity index (χ0n) is 16.8. The van der Waals surface area contributed by atoms with Crippen molar-refractivity contribution in [2.45, 2.75) is 19.4 Å². The van der Waals surface area contributed by atoms with Crippen LogP contribution in [0.25, 0.3) is 22.3 Å². The summed E-state index contributed by atoms with van der Waals surface area (Å²) in [6.45, 7) is 0.537. The molecule has 7 nitrogen and oxygen atoms in total. The second kappa shape index (κ2) is 8.02. The lowest BCUT2D eigenvalue weighted by atomic mass is 10.1. The number of hydrogen-bond acceptors (Lipinski definition) is 4. The van der Waals surface area contributed by atoms with Crippen LogP contribution in [-0.2, 0) is 11.3 Å². The lowest BCUT2D eigenvalue weighted by molar-refractivity contribution is -0.123. The van der Waals surface area contributed by atoms with Gasteiger partial charge in [-0.25, -0.2) is 9.67 Å². The fraction of sp³-hybridized carbons (Fsp3) is 0.167. The van der Waals surface area contributed by atoms with Crippen LogP contribution in [0.15, 0.2) is 72.9 Å². The van der Waals surface area contributed by atoms with Gasteiger partial charge in [-0.15, -0.1) is 0 Å². The van der Waals surface area contributed by atoms with E-state index >= 15 is 0 Å². The summed E-state index contributed by atoms with van der Waals surface area (Å²) in [6.07, 6.45) is 3.38. The molecule has 0 spiro atoms. The number of amides is 2. The standard InChI is InChI=1S/C24H21N5O2/c30-23(18-11-12-18)27-28-24(31)19-13-21(17-9-5-2-6-10-17)26-22-20(19)14-25-29(22)15-16-7-3-1-4-8-16/h1-10,13-14,18H,11-12,15H2,(H,27,30)(H,28,31). The number of nitrogens with zero attached hydrogens (tertiary/aromatic N) is 3. The number of hydrazine groups is 1. The first kappa shape index (κ1) is 19.0. The lowest BCUT2D eigenvalue weighted by Crippen LogP contribution is -2.42. The second-order valence-corrected chi connectivity index (χ2v) is 7.66. The molecule has 2 amide bonds. The van der Waals surface area contributed by atoms with Crippen LogP contribution in [0, 0.1) is 5.92 Å². The molecule has 1 aliphatic rings. The molecule has 7 heteroatoms. The van der Waals surface area contributed by atoms with Gasteiger partial charge >= 0.3 is 0 Å². The van der Waals surface area contributed by atoms with Gasteiger partial charge in [-0.1, -0.05) is 60.7 Å². The first-order chi connectivity index (χ1) is 15.2. The third kappa shape index (κ3) is 4.02. The van der Waals surface area contributed by atoms with Crippen molar-refractivity contribution in [3.63, 3.8) is 0 Å². The Bertz CT molecular complexity index is 1250. The number of carbonyl (C=O) groups excluding carboxylic acids is 2. The quantitative estimate of drug-likeness (QED) is 0.493. The molecular weight excluding hydrogens is 390 g/mol. The third-order valence-corrected chi connectivity index (χ3v) is 5.35. The molecule has 0 bridgehead atoms. The van der Waals surface area contributed by atoms with E-state index in [0.717, 1.165) is 24.0 Å². The Kier molecular flexibility index (Phi) is 4.92. The smallest absolute Gasteiger partial charge is 0.270 e. The largest absolute Gasteiger partial charge is 0.273 e. The van der Waals surface area contributed by atoms with Gasteiger partial charge in [-0.3, -0.25) is 20.4 Å². The van der Waals surface area contributed by atoms with Gasteiger partial charge in [0.2, 0.25) is 5.91 Å². The summed E-state index contributed by atoms with van der Waals surface area (Å²) < 4.78 is 1.79. The van der Waals surface area contributed by atoms with E-state index < -0.39 is 5.91 Å². The van der Waals surface area contributed by atoms with E-state index in [0.29, 0.717) is 28.8 Å². The highest BCUT2D eigenvalue weighted by atomic mass is 16.2. The minimum absolute atomic E-state index is 0.00580. The Balaban J connectivity index is 1.54. The zero-order chi connectivity index (χ0) is 21.2. The van der Waals surface area contributed by atoms with E-state index in [1.54, 1.807) is 16.9 Å². The number of benzene rings is 2. The number of rotatable bonds is 5. The predicted octanol–water partition coefficient (Wildman–Crippen LogP) is 3.32. The van der Waals surface area contributed by atoms with Crippen molar-refractivity contribution in [1.82, 2.24) is 25.6 Å². The molecule has 4 aromatic rings. The van der Waals surface area contributed by atoms with Crippen LogP contribution in [0.4, 0.5) is 0 Å². The fourth-order valence-corrected chi connectivity index (χ4v) is 3.50. The summed E-state index contributed by atoms with van der Waals surface area (Å²) in [7, 11) is 0. The van der Waals surface area contributed by atoms with Gasteiger partial charge in [-0.2, -0.15) is 5.10 Å². The molecule has 0 atom stereocenters. The van der Waals surface area contributed by atoms with Gasteiger partial charge in [0, 0.05) is 11.5 Å². The van der Waals surface area contributed by atoms with E-state index in [2.05, 4.69) is 16.0 Å². The molecule has 2 aromatic heterocycles. The van der Waals surface area contributed by atoms with E-state index in [1.807, 2.05) is 60.7 Å². The van der Waals surface area contributed by atoms with Gasteiger partial charge in [-0.05, 0) is 24.5 Å². The van der Waals surface area contributed by atoms with Crippen molar-refractivity contribution in [2.75, 3.05) is 0 Å². The van der Waals surface area contributed by atoms with E-state index in [9.17, 15) is 9.59 Å². The van der Waals surface area contributed by atoms with Crippen LogP contribution in [0.3, 0.4) is 0 Å². The van der Waals surface area contributed by atoms with Crippen molar-refractivity contribution < 1.29 is 9.59 Å². The molecule has 5 rings (SSSR count). The molecular formula is C24H21N5O2. The zero-order valence-corrected chi connectivity index (χ0v) is 16.8. The van der Waals surface area contributed by atoms with Crippen molar-refractivity contribution in [3.05, 3.63) is 84.1 Å². The van der Waals surface area contributed by atoms with Crippen LogP contribution in [-0.4, -0.2) is 26.6 Å². The number of carbonyl (C=O) groups is 2. The molecule has 0 unspecified atom stereocenters. The maximum atomic E-state index is 13.0. The highest BCUT2D eigenvalue weighted by molar-refractivity contribution is 6.07. The number of nitrogens with one attached hydrogen (secondary N) is 2. The van der Waals surface area contributed by atoms with Crippen molar-refractivity contribution in [2.24, 2.45) is 5.92 Å². The average molecular weight is 411 g/mol. The highest BCUT2D eigenvalue weighted by Crippen LogP contribution is 2.28. The fourth-order valence-electron chi connectivity index (χ4n) is 3.50. The Labute approximate surface area is 179 Å². The molecule has 1 saturated carbocycles. The molecule has 0 aliphatic heterocycles. The Morgan fingerprint density at radius 2 is 1.68 bits per heavy atom. The van der Waals surface area contributed by atoms with Gasteiger partial charge in [0.25, 0.3) is 5.91 Å². The molecule has 1 fully saturated rings. The maximum absolute atomic E-state index is 13.0. The van der Waals surface area contributed by atoms with E-state index in [4.69, 9.17) is 4.98 Å². The summed E-state index contributed by atoms with van der Waals surface area (Å²) in [5.74, 6) is -0.536. The molecule has 0 radical (unpaired) electrons. The van der Waals surface area contributed by atoms with Crippen molar-refractivity contribution in [1.29, 1.82) is 0 Å². The molecule has 31 heavy (non-hydrogen) atoms. The maximum Gasteiger partial charge on any atom is 0.270 e. The Morgan fingerprint density at radius 3 is 2.39 bits per heavy atom. The van der Waals surface area contributed by atoms with Gasteiger partial charge in [0.15, 0.2) is 5.65 Å². The van der Waals surface area contributed by atoms with Crippen LogP contribution in [0.2, 0.25) is 0 Å². The Hall–Kier alpha value is -4.00. The van der Waals surface area contributed by atoms with Crippen molar-refractivity contribution >= 4 is 22.8 Å². The number of fused-ring (bicyclic) bond motifs is 1. The summed E-state index contributed by atoms with van der Waals surface area (Å²) >= 11 is 0. The molecule has 2 aromatic carbocycles. The van der Waals surface area contributed by atoms with Crippen molar-refractivity contribution in [3.8, 4) is 11.3 Å². The molecule has 154 valence electrons. The van der Waals surface area contributed by atoms with Gasteiger partial charge in [0.1, 0.15) is 0 Å². The third-order valence-electron chi connectivity index (χ3n) is 5.35. The van der Waals surface area contributed by atoms with Crippen LogP contribution >= 0.6 is 0 Å². The van der Waals surface area contributed by atoms with E-state index in [-0.39, 0.29) is 11.8 Å². The molecule has 2 N–H and O–H groups in total. The average Bonchev–Trinajstić information content (AvgIpc) is 3.60. The van der Waals surface area contributed by atoms with Gasteiger partial charge < -0.3 is 0 Å². The number of hydrogen-bond donors (Lipinski definition) is 2. The number of aromatic nitrogens is 3. The minimum Gasteiger partial charge on any atom is -0.273 e. The van der Waals surface area contributed by atoms with Gasteiger partial charge in [0.05, 0.1) is 29.4 Å². The molecule has 1 aliphatic carbocycles. The normalized spacial score (nSPS) is 13.2. The van der Waals surface area contributed by atoms with Crippen LogP contribution in [0.5, 0.6) is 0 Å². The summed E-state index contributed by atoms with van der Waals surface area (Å²) in [6, 6.07) is 21.4.